The van der Waals surface area contributed by atoms with Gasteiger partial charge in [-0.1, -0.05) is 0 Å². The fourth-order valence-electron chi connectivity index (χ4n) is 3.51. The zero-order valence-corrected chi connectivity index (χ0v) is 17.8. The van der Waals surface area contributed by atoms with E-state index in [0.29, 0.717) is 31.9 Å². The van der Waals surface area contributed by atoms with E-state index in [1.807, 2.05) is 4.90 Å². The predicted molar refractivity (Wildman–Crippen MR) is 112 cm³/mol. The van der Waals surface area contributed by atoms with E-state index in [1.54, 1.807) is 23.5 Å². The lowest BCUT2D eigenvalue weighted by Gasteiger charge is -2.32. The second-order valence-electron chi connectivity index (χ2n) is 7.70. The topological polar surface area (TPSA) is 58.3 Å². The Balaban J connectivity index is 1.39. The van der Waals surface area contributed by atoms with Crippen molar-refractivity contribution in [2.24, 2.45) is 0 Å². The quantitative estimate of drug-likeness (QED) is 0.570. The summed E-state index contributed by atoms with van der Waals surface area (Å²) in [7, 11) is 2.05. The Labute approximate surface area is 174 Å². The van der Waals surface area contributed by atoms with Crippen LogP contribution < -0.4 is 15.1 Å². The molecule has 156 valence electrons. The van der Waals surface area contributed by atoms with E-state index >= 15 is 0 Å². The maximum absolute atomic E-state index is 12.9. The Morgan fingerprint density at radius 3 is 2.52 bits per heavy atom. The average molecular weight is 421 g/mol. The zero-order valence-electron chi connectivity index (χ0n) is 17.0. The number of amides is 2. The molecule has 0 saturated carbocycles. The van der Waals surface area contributed by atoms with Crippen LogP contribution in [0.2, 0.25) is 0 Å². The molecule has 1 fully saturated rings. The van der Waals surface area contributed by atoms with Crippen LogP contribution in [-0.4, -0.2) is 63.0 Å². The van der Waals surface area contributed by atoms with Crippen molar-refractivity contribution in [3.05, 3.63) is 52.0 Å². The third kappa shape index (κ3) is 6.35. The molecule has 29 heavy (non-hydrogen) atoms. The van der Waals surface area contributed by atoms with Gasteiger partial charge in [0.25, 0.3) is 11.8 Å². The van der Waals surface area contributed by atoms with Crippen molar-refractivity contribution in [1.82, 2.24) is 4.90 Å². The van der Waals surface area contributed by atoms with E-state index in [9.17, 15) is 14.0 Å². The molecule has 1 aromatic carbocycles. The highest BCUT2D eigenvalue weighted by Gasteiger charge is 2.27. The molecule has 8 heteroatoms. The first-order chi connectivity index (χ1) is 13.9. The van der Waals surface area contributed by atoms with Gasteiger partial charge in [0.1, 0.15) is 12.4 Å². The average Bonchev–Trinajstić information content (AvgIpc) is 3.08. The fourth-order valence-corrected chi connectivity index (χ4v) is 4.53. The van der Waals surface area contributed by atoms with Crippen LogP contribution in [0.3, 0.4) is 0 Å². The molecule has 3 N–H and O–H groups in total. The number of quaternary nitrogens is 2. The summed E-state index contributed by atoms with van der Waals surface area (Å²) < 4.78 is 12.9. The van der Waals surface area contributed by atoms with Crippen LogP contribution in [-0.2, 0) is 16.1 Å². The highest BCUT2D eigenvalue weighted by molar-refractivity contribution is 7.10. The summed E-state index contributed by atoms with van der Waals surface area (Å²) in [5.41, 5.74) is 1.88. The van der Waals surface area contributed by atoms with Crippen molar-refractivity contribution in [2.75, 3.05) is 51.6 Å². The molecule has 1 aliphatic rings. The number of carbonyl (C=O) groups excluding carboxylic acids is 2. The van der Waals surface area contributed by atoms with Crippen molar-refractivity contribution in [2.45, 2.75) is 13.5 Å². The Hall–Kier alpha value is -2.29. The van der Waals surface area contributed by atoms with Gasteiger partial charge < -0.3 is 20.0 Å². The first-order valence-electron chi connectivity index (χ1n) is 9.91. The molecule has 0 radical (unpaired) electrons. The second-order valence-corrected chi connectivity index (χ2v) is 8.70. The van der Waals surface area contributed by atoms with Gasteiger partial charge in [0, 0.05) is 5.69 Å². The summed E-state index contributed by atoms with van der Waals surface area (Å²) >= 11 is 1.74. The Morgan fingerprint density at radius 1 is 1.21 bits per heavy atom. The van der Waals surface area contributed by atoms with Gasteiger partial charge in [-0.05, 0) is 48.2 Å². The number of likely N-dealkylation sites (N-methyl/N-ethyl adjacent to an activating group) is 1. The lowest BCUT2D eigenvalue weighted by atomic mass is 10.2. The first-order valence-corrected chi connectivity index (χ1v) is 10.8. The van der Waals surface area contributed by atoms with Crippen LogP contribution in [0, 0.1) is 12.7 Å². The summed E-state index contributed by atoms with van der Waals surface area (Å²) in [6.07, 6.45) is 0. The van der Waals surface area contributed by atoms with E-state index < -0.39 is 0 Å². The Morgan fingerprint density at radius 2 is 1.90 bits per heavy atom. The van der Waals surface area contributed by atoms with Crippen molar-refractivity contribution in [3.63, 3.8) is 0 Å². The van der Waals surface area contributed by atoms with Crippen molar-refractivity contribution in [1.29, 1.82) is 0 Å². The number of halogens is 1. The normalized spacial score (nSPS) is 15.9. The molecular weight excluding hydrogens is 391 g/mol. The number of carbonyl (C=O) groups is 2. The van der Waals surface area contributed by atoms with Crippen LogP contribution in [0.25, 0.3) is 0 Å². The van der Waals surface area contributed by atoms with Crippen LogP contribution in [0.5, 0.6) is 0 Å². The molecule has 2 heterocycles. The monoisotopic (exact) mass is 420 g/mol. The number of anilines is 1. The summed E-state index contributed by atoms with van der Waals surface area (Å²) in [5.74, 6) is -0.249. The van der Waals surface area contributed by atoms with Gasteiger partial charge in [-0.2, -0.15) is 0 Å². The number of thiophene rings is 1. The smallest absolute Gasteiger partial charge is 0.279 e. The summed E-state index contributed by atoms with van der Waals surface area (Å²) in [5, 5.41) is 4.88. The molecule has 0 aliphatic carbocycles. The van der Waals surface area contributed by atoms with Gasteiger partial charge in [0.15, 0.2) is 13.1 Å². The molecule has 0 spiro atoms. The lowest BCUT2D eigenvalue weighted by Crippen LogP contribution is -3.16. The second kappa shape index (κ2) is 9.96. The lowest BCUT2D eigenvalue weighted by molar-refractivity contribution is -0.896. The maximum Gasteiger partial charge on any atom is 0.279 e. The number of benzene rings is 1. The number of aryl methyl sites for hydroxylation is 1. The van der Waals surface area contributed by atoms with Gasteiger partial charge in [0.2, 0.25) is 0 Å². The standard InChI is InChI=1S/C21H27FN4O2S/c1-16-7-12-29-19(16)13-24(2)15-21(28)26-10-8-25(9-11-26)14-20(27)23-18-5-3-17(22)4-6-18/h3-7,12H,8-11,13-15H2,1-2H3,(H,23,27)/p+2. The number of rotatable bonds is 7. The van der Waals surface area contributed by atoms with Gasteiger partial charge >= 0.3 is 0 Å². The number of piperazine rings is 1. The summed E-state index contributed by atoms with van der Waals surface area (Å²) in [4.78, 5) is 30.4. The van der Waals surface area contributed by atoms with Crippen molar-refractivity contribution < 1.29 is 23.8 Å². The SMILES string of the molecule is Cc1ccsc1C[NH+](C)CC(=O)N1CC[NH+](CC(=O)Nc2ccc(F)cc2)CC1. The molecule has 2 aromatic rings. The van der Waals surface area contributed by atoms with Crippen LogP contribution in [0.15, 0.2) is 35.7 Å². The highest BCUT2D eigenvalue weighted by atomic mass is 32.1. The fraction of sp³-hybridized carbons (Fsp3) is 0.429. The largest absolute Gasteiger partial charge is 0.327 e. The number of hydrogen-bond acceptors (Lipinski definition) is 3. The zero-order chi connectivity index (χ0) is 20.8. The van der Waals surface area contributed by atoms with Crippen molar-refractivity contribution >= 4 is 28.8 Å². The molecule has 2 amide bonds. The molecule has 3 rings (SSSR count). The first kappa shape index (κ1) is 21.4. The molecule has 1 saturated heterocycles. The van der Waals surface area contributed by atoms with Crippen molar-refractivity contribution in [3.8, 4) is 0 Å². The van der Waals surface area contributed by atoms with E-state index in [4.69, 9.17) is 0 Å². The van der Waals surface area contributed by atoms with Crippen LogP contribution in [0.4, 0.5) is 10.1 Å². The number of nitrogens with one attached hydrogen (secondary N) is 3. The van der Waals surface area contributed by atoms with E-state index in [2.05, 4.69) is 30.7 Å². The van der Waals surface area contributed by atoms with E-state index in [0.717, 1.165) is 24.5 Å². The number of hydrogen-bond donors (Lipinski definition) is 3. The van der Waals surface area contributed by atoms with E-state index in [1.165, 1.54) is 27.5 Å². The molecular formula is C21H29FN4O2S+2. The minimum absolute atomic E-state index is 0.0955. The van der Waals surface area contributed by atoms with Crippen LogP contribution in [0.1, 0.15) is 10.4 Å². The van der Waals surface area contributed by atoms with Gasteiger partial charge in [-0.25, -0.2) is 4.39 Å². The maximum atomic E-state index is 12.9. The third-order valence-corrected chi connectivity index (χ3v) is 6.27. The number of nitrogens with zero attached hydrogens (tertiary/aromatic N) is 1. The Bertz CT molecular complexity index is 831. The molecule has 6 nitrogen and oxygen atoms in total. The molecule has 0 bridgehead atoms. The molecule has 1 aromatic heterocycles. The molecule has 1 atom stereocenters. The predicted octanol–water partition coefficient (Wildman–Crippen LogP) is -0.424. The Kier molecular flexibility index (Phi) is 7.35. The summed E-state index contributed by atoms with van der Waals surface area (Å²) in [6.45, 7) is 6.66. The van der Waals surface area contributed by atoms with Gasteiger partial charge in [-0.15, -0.1) is 11.3 Å². The van der Waals surface area contributed by atoms with Gasteiger partial charge in [0.05, 0.1) is 38.1 Å². The van der Waals surface area contributed by atoms with E-state index in [-0.39, 0.29) is 17.6 Å². The van der Waals surface area contributed by atoms with Gasteiger partial charge in [-0.3, -0.25) is 9.59 Å². The summed E-state index contributed by atoms with van der Waals surface area (Å²) in [6, 6.07) is 7.87. The third-order valence-electron chi connectivity index (χ3n) is 5.25. The van der Waals surface area contributed by atoms with Crippen LogP contribution >= 0.6 is 11.3 Å². The molecule has 1 unspecified atom stereocenters. The molecule has 1 aliphatic heterocycles. The minimum Gasteiger partial charge on any atom is -0.327 e. The minimum atomic E-state index is -0.326. The highest BCUT2D eigenvalue weighted by Crippen LogP contribution is 2.13.